The van der Waals surface area contributed by atoms with E-state index in [1.165, 1.54) is 5.56 Å². The normalized spacial score (nSPS) is 11.8. The molecular formula is C32H34N2O3. The molecule has 5 heteroatoms. The second kappa shape index (κ2) is 11.4. The number of carbonyl (C=O) groups excluding carboxylic acids is 1. The van der Waals surface area contributed by atoms with Gasteiger partial charge in [0.1, 0.15) is 5.75 Å². The highest BCUT2D eigenvalue weighted by Crippen LogP contribution is 2.23. The monoisotopic (exact) mass is 494 g/mol. The van der Waals surface area contributed by atoms with Gasteiger partial charge in [0.2, 0.25) is 0 Å². The fraction of sp³-hybridized carbons (Fsp3) is 0.281. The number of aromatic amines is 1. The number of rotatable bonds is 7. The lowest BCUT2D eigenvalue weighted by molar-refractivity contribution is 0.0910. The highest BCUT2D eigenvalue weighted by Gasteiger charge is 2.19. The van der Waals surface area contributed by atoms with Crippen LogP contribution in [0.1, 0.15) is 57.6 Å². The lowest BCUT2D eigenvalue weighted by Gasteiger charge is -2.19. The first-order chi connectivity index (χ1) is 17.7. The smallest absolute Gasteiger partial charge is 0.255 e. The summed E-state index contributed by atoms with van der Waals surface area (Å²) in [6.45, 7) is 9.86. The molecule has 1 amide bonds. The molecular weight excluding hydrogens is 460 g/mol. The molecule has 0 bridgehead atoms. The number of benzene rings is 3. The van der Waals surface area contributed by atoms with Gasteiger partial charge in [0, 0.05) is 28.2 Å². The summed E-state index contributed by atoms with van der Waals surface area (Å²) in [5, 5.41) is 14.1. The van der Waals surface area contributed by atoms with E-state index >= 15 is 0 Å². The average molecular weight is 495 g/mol. The van der Waals surface area contributed by atoms with Crippen LogP contribution >= 0.6 is 0 Å². The maximum Gasteiger partial charge on any atom is 0.255 e. The summed E-state index contributed by atoms with van der Waals surface area (Å²) in [6, 6.07) is 17.2. The van der Waals surface area contributed by atoms with Crippen molar-refractivity contribution in [2.24, 2.45) is 0 Å². The zero-order valence-corrected chi connectivity index (χ0v) is 22.1. The third-order valence-electron chi connectivity index (χ3n) is 6.29. The number of H-pyrrole nitrogens is 1. The van der Waals surface area contributed by atoms with Crippen LogP contribution in [0.5, 0.6) is 5.75 Å². The Morgan fingerprint density at radius 1 is 1.03 bits per heavy atom. The minimum Gasteiger partial charge on any atom is -0.490 e. The fourth-order valence-electron chi connectivity index (χ4n) is 4.64. The quantitative estimate of drug-likeness (QED) is 0.292. The Morgan fingerprint density at radius 2 is 1.76 bits per heavy atom. The number of para-hydroxylation sites is 1. The van der Waals surface area contributed by atoms with E-state index in [0.29, 0.717) is 17.7 Å². The Kier molecular flexibility index (Phi) is 8.01. The van der Waals surface area contributed by atoms with Crippen LogP contribution in [-0.4, -0.2) is 34.8 Å². The fourth-order valence-corrected chi connectivity index (χ4v) is 4.64. The molecule has 1 atom stereocenters. The number of amides is 1. The maximum absolute atomic E-state index is 13.4. The Bertz CT molecular complexity index is 1460. The van der Waals surface area contributed by atoms with Gasteiger partial charge >= 0.3 is 0 Å². The van der Waals surface area contributed by atoms with E-state index in [0.717, 1.165) is 38.7 Å². The molecule has 0 aliphatic heterocycles. The van der Waals surface area contributed by atoms with Gasteiger partial charge in [-0.25, -0.2) is 0 Å². The second-order valence-corrected chi connectivity index (χ2v) is 9.82. The summed E-state index contributed by atoms with van der Waals surface area (Å²) in [5.41, 5.74) is 7.65. The van der Waals surface area contributed by atoms with E-state index in [2.05, 4.69) is 55.0 Å². The Morgan fingerprint density at radius 3 is 2.46 bits per heavy atom. The first kappa shape index (κ1) is 26.1. The van der Waals surface area contributed by atoms with E-state index in [4.69, 9.17) is 4.74 Å². The van der Waals surface area contributed by atoms with Crippen LogP contribution in [0.15, 0.2) is 60.8 Å². The van der Waals surface area contributed by atoms with E-state index in [1.54, 1.807) is 12.1 Å². The molecule has 4 rings (SSSR count). The molecule has 4 aromatic rings. The average Bonchev–Trinajstić information content (AvgIpc) is 3.26. The lowest BCUT2D eigenvalue weighted by Crippen LogP contribution is -2.39. The summed E-state index contributed by atoms with van der Waals surface area (Å²) in [4.78, 5) is 16.7. The Hall–Kier alpha value is -4.01. The van der Waals surface area contributed by atoms with Gasteiger partial charge in [-0.15, -0.1) is 0 Å². The van der Waals surface area contributed by atoms with Crippen molar-refractivity contribution < 1.29 is 14.6 Å². The minimum atomic E-state index is -0.453. The topological polar surface area (TPSA) is 74.3 Å². The van der Waals surface area contributed by atoms with Crippen molar-refractivity contribution in [1.82, 2.24) is 10.3 Å². The molecule has 1 aromatic heterocycles. The van der Waals surface area contributed by atoms with Crippen LogP contribution in [0.2, 0.25) is 0 Å². The Labute approximate surface area is 218 Å². The zero-order chi connectivity index (χ0) is 26.5. The van der Waals surface area contributed by atoms with Gasteiger partial charge in [0.25, 0.3) is 5.91 Å². The highest BCUT2D eigenvalue weighted by molar-refractivity contribution is 5.97. The van der Waals surface area contributed by atoms with E-state index in [9.17, 15) is 9.90 Å². The number of hydrogen-bond donors (Lipinski definition) is 3. The molecule has 5 nitrogen and oxygen atoms in total. The molecule has 0 unspecified atom stereocenters. The molecule has 1 heterocycles. The summed E-state index contributed by atoms with van der Waals surface area (Å²) in [7, 11) is 0. The molecule has 37 heavy (non-hydrogen) atoms. The van der Waals surface area contributed by atoms with Gasteiger partial charge in [0.15, 0.2) is 0 Å². The van der Waals surface area contributed by atoms with Crippen molar-refractivity contribution in [3.63, 3.8) is 0 Å². The van der Waals surface area contributed by atoms with Gasteiger partial charge < -0.3 is 20.1 Å². The van der Waals surface area contributed by atoms with Crippen molar-refractivity contribution in [3.05, 3.63) is 99.7 Å². The predicted molar refractivity (Wildman–Crippen MR) is 149 cm³/mol. The molecule has 0 saturated heterocycles. The van der Waals surface area contributed by atoms with Crippen molar-refractivity contribution in [2.75, 3.05) is 6.61 Å². The van der Waals surface area contributed by atoms with Crippen molar-refractivity contribution in [2.45, 2.75) is 53.2 Å². The Balaban J connectivity index is 1.61. The lowest BCUT2D eigenvalue weighted by atomic mass is 9.99. The van der Waals surface area contributed by atoms with Crippen LogP contribution in [0.4, 0.5) is 0 Å². The summed E-state index contributed by atoms with van der Waals surface area (Å²) < 4.78 is 5.94. The third-order valence-corrected chi connectivity index (χ3v) is 6.29. The van der Waals surface area contributed by atoms with Crippen molar-refractivity contribution >= 4 is 16.8 Å². The first-order valence-corrected chi connectivity index (χ1v) is 12.6. The van der Waals surface area contributed by atoms with Gasteiger partial charge in [-0.2, -0.15) is 0 Å². The predicted octanol–water partition coefficient (Wildman–Crippen LogP) is 5.61. The van der Waals surface area contributed by atoms with Crippen LogP contribution in [0.25, 0.3) is 10.9 Å². The number of ether oxygens (including phenoxy) is 1. The summed E-state index contributed by atoms with van der Waals surface area (Å²) >= 11 is 0. The number of aryl methyl sites for hydroxylation is 3. The maximum atomic E-state index is 13.4. The van der Waals surface area contributed by atoms with E-state index in [1.807, 2.05) is 50.4 Å². The number of aliphatic hydroxyl groups excluding tert-OH is 1. The van der Waals surface area contributed by atoms with E-state index < -0.39 is 6.04 Å². The van der Waals surface area contributed by atoms with Gasteiger partial charge in [0.05, 0.1) is 24.3 Å². The van der Waals surface area contributed by atoms with Gasteiger partial charge in [-0.1, -0.05) is 47.7 Å². The second-order valence-electron chi connectivity index (χ2n) is 9.82. The van der Waals surface area contributed by atoms with Crippen molar-refractivity contribution in [3.8, 4) is 17.6 Å². The molecule has 3 N–H and O–H groups in total. The highest BCUT2D eigenvalue weighted by atomic mass is 16.5. The first-order valence-electron chi connectivity index (χ1n) is 12.6. The number of aliphatic hydroxyl groups is 1. The summed E-state index contributed by atoms with van der Waals surface area (Å²) in [6.07, 6.45) is 2.33. The molecule has 0 fully saturated rings. The molecule has 0 aliphatic carbocycles. The number of aromatic nitrogens is 1. The van der Waals surface area contributed by atoms with Gasteiger partial charge in [-0.05, 0) is 82.0 Å². The number of nitrogens with one attached hydrogen (secondary N) is 2. The molecule has 0 saturated carbocycles. The summed E-state index contributed by atoms with van der Waals surface area (Å²) in [5.74, 6) is 6.69. The molecule has 3 aromatic carbocycles. The molecule has 0 aliphatic rings. The van der Waals surface area contributed by atoms with E-state index in [-0.39, 0.29) is 18.6 Å². The van der Waals surface area contributed by atoms with Crippen LogP contribution in [-0.2, 0) is 6.42 Å². The molecule has 0 spiro atoms. The minimum absolute atomic E-state index is 0.0961. The third kappa shape index (κ3) is 6.22. The number of hydrogen-bond acceptors (Lipinski definition) is 3. The largest absolute Gasteiger partial charge is 0.490 e. The number of carbonyl (C=O) groups is 1. The zero-order valence-electron chi connectivity index (χ0n) is 22.1. The molecule has 190 valence electrons. The number of fused-ring (bicyclic) bond motifs is 1. The van der Waals surface area contributed by atoms with Crippen LogP contribution in [0.3, 0.4) is 0 Å². The van der Waals surface area contributed by atoms with Gasteiger partial charge in [-0.3, -0.25) is 4.79 Å². The van der Waals surface area contributed by atoms with Crippen LogP contribution < -0.4 is 10.1 Å². The standard InChI is InChI=1S/C32H34N2O3/c1-20(2)37-31-13-11-24(10-12-27-22(4)14-21(3)15-23(27)5)16-29(31)32(36)34-26(19-35)17-25-18-33-30-9-7-6-8-28(25)30/h6-9,11,13-16,18,20,26,33,35H,17,19H2,1-5H3,(H,34,36)/t26-/m1/s1. The van der Waals surface area contributed by atoms with Crippen molar-refractivity contribution in [1.29, 1.82) is 0 Å². The van der Waals surface area contributed by atoms with Crippen LogP contribution in [0, 0.1) is 32.6 Å². The SMILES string of the molecule is Cc1cc(C)c(C#Cc2ccc(OC(C)C)c(C(=O)N[C@@H](CO)Cc3c[nH]c4ccccc34)c2)c(C)c1. The molecule has 0 radical (unpaired) electrons.